The van der Waals surface area contributed by atoms with Crippen molar-refractivity contribution in [2.45, 2.75) is 10.2 Å². The van der Waals surface area contributed by atoms with E-state index in [0.717, 1.165) is 21.3 Å². The van der Waals surface area contributed by atoms with Crippen LogP contribution >= 0.6 is 11.8 Å². The lowest BCUT2D eigenvalue weighted by atomic mass is 10.3. The van der Waals surface area contributed by atoms with Gasteiger partial charge in [0.05, 0.1) is 17.3 Å². The Labute approximate surface area is 90.5 Å². The molecule has 0 amide bonds. The molecule has 3 nitrogen and oxygen atoms in total. The number of rotatable bonds is 2. The summed E-state index contributed by atoms with van der Waals surface area (Å²) in [4.78, 5) is 7.66. The number of hydrogen-bond acceptors (Lipinski definition) is 3. The Balaban J connectivity index is 1.98. The fourth-order valence-electron chi connectivity index (χ4n) is 1.39. The van der Waals surface area contributed by atoms with Crippen LogP contribution in [0.25, 0.3) is 11.0 Å². The normalized spacial score (nSPS) is 10.9. The first kappa shape index (κ1) is 8.61. The van der Waals surface area contributed by atoms with Crippen molar-refractivity contribution < 1.29 is 4.42 Å². The summed E-state index contributed by atoms with van der Waals surface area (Å²) in [6, 6.07) is 11.7. The third-order valence-corrected chi connectivity index (χ3v) is 2.88. The molecule has 0 fully saturated rings. The van der Waals surface area contributed by atoms with E-state index < -0.39 is 0 Å². The molecule has 1 N–H and O–H groups in total. The van der Waals surface area contributed by atoms with Crippen molar-refractivity contribution >= 4 is 22.8 Å². The predicted molar refractivity (Wildman–Crippen MR) is 58.9 cm³/mol. The zero-order valence-electron chi connectivity index (χ0n) is 7.81. The van der Waals surface area contributed by atoms with E-state index in [9.17, 15) is 0 Å². The summed E-state index contributed by atoms with van der Waals surface area (Å²) in [5.41, 5.74) is 2.03. The molecule has 0 saturated carbocycles. The molecule has 15 heavy (non-hydrogen) atoms. The molecule has 2 aromatic heterocycles. The molecule has 3 aromatic rings. The minimum absolute atomic E-state index is 0.842. The number of fused-ring (bicyclic) bond motifs is 1. The number of H-pyrrole nitrogens is 1. The summed E-state index contributed by atoms with van der Waals surface area (Å²) in [7, 11) is 0. The van der Waals surface area contributed by atoms with Crippen molar-refractivity contribution in [3.05, 3.63) is 42.7 Å². The van der Waals surface area contributed by atoms with Crippen molar-refractivity contribution in [3.8, 4) is 0 Å². The zero-order chi connectivity index (χ0) is 10.1. The molecule has 74 valence electrons. The van der Waals surface area contributed by atoms with Crippen LogP contribution in [0.15, 0.2) is 57.3 Å². The Morgan fingerprint density at radius 3 is 2.87 bits per heavy atom. The third-order valence-electron chi connectivity index (χ3n) is 2.06. The molecule has 0 saturated heterocycles. The summed E-state index contributed by atoms with van der Waals surface area (Å²) in [5.74, 6) is 0. The fraction of sp³-hybridized carbons (Fsp3) is 0. The largest absolute Gasteiger partial charge is 0.458 e. The van der Waals surface area contributed by atoms with Gasteiger partial charge in [0.2, 0.25) is 0 Å². The standard InChI is InChI=1S/C11H8N2OS/c1-2-5-9-8(4-1)12-11(13-9)15-10-6-3-7-14-10/h1-7H,(H,12,13). The van der Waals surface area contributed by atoms with Gasteiger partial charge < -0.3 is 9.40 Å². The van der Waals surface area contributed by atoms with Crippen LogP contribution in [-0.4, -0.2) is 9.97 Å². The average Bonchev–Trinajstić information content (AvgIpc) is 2.86. The van der Waals surface area contributed by atoms with Gasteiger partial charge in [0, 0.05) is 0 Å². The van der Waals surface area contributed by atoms with Crippen LogP contribution in [0.4, 0.5) is 0 Å². The van der Waals surface area contributed by atoms with E-state index in [4.69, 9.17) is 4.42 Å². The van der Waals surface area contributed by atoms with Crippen LogP contribution < -0.4 is 0 Å². The van der Waals surface area contributed by atoms with Crippen molar-refractivity contribution in [1.82, 2.24) is 9.97 Å². The van der Waals surface area contributed by atoms with Crippen LogP contribution in [0, 0.1) is 0 Å². The number of nitrogens with zero attached hydrogens (tertiary/aromatic N) is 1. The number of benzene rings is 1. The fourth-order valence-corrected chi connectivity index (χ4v) is 2.14. The lowest BCUT2D eigenvalue weighted by molar-refractivity contribution is 0.474. The summed E-state index contributed by atoms with van der Waals surface area (Å²) in [6.07, 6.45) is 1.66. The summed E-state index contributed by atoms with van der Waals surface area (Å²) in [5, 5.41) is 1.69. The number of para-hydroxylation sites is 2. The van der Waals surface area contributed by atoms with Crippen LogP contribution in [0.5, 0.6) is 0 Å². The van der Waals surface area contributed by atoms with Gasteiger partial charge in [-0.1, -0.05) is 12.1 Å². The molecule has 1 aromatic carbocycles. The highest BCUT2D eigenvalue weighted by Crippen LogP contribution is 2.26. The molecular formula is C11H8N2OS. The van der Waals surface area contributed by atoms with Crippen molar-refractivity contribution in [1.29, 1.82) is 0 Å². The molecule has 3 rings (SSSR count). The second-order valence-electron chi connectivity index (χ2n) is 3.09. The van der Waals surface area contributed by atoms with E-state index in [1.807, 2.05) is 36.4 Å². The number of aromatic nitrogens is 2. The molecule has 0 atom stereocenters. The second-order valence-corrected chi connectivity index (χ2v) is 4.09. The maximum Gasteiger partial charge on any atom is 0.174 e. The minimum atomic E-state index is 0.842. The van der Waals surface area contributed by atoms with E-state index in [1.165, 1.54) is 11.8 Å². The van der Waals surface area contributed by atoms with Gasteiger partial charge >= 0.3 is 0 Å². The number of imidazole rings is 1. The summed E-state index contributed by atoms with van der Waals surface area (Å²) < 4.78 is 5.24. The van der Waals surface area contributed by atoms with Gasteiger partial charge in [-0.3, -0.25) is 0 Å². The minimum Gasteiger partial charge on any atom is -0.458 e. The zero-order valence-corrected chi connectivity index (χ0v) is 8.62. The first-order chi connectivity index (χ1) is 7.42. The van der Waals surface area contributed by atoms with Gasteiger partial charge in [-0.15, -0.1) is 0 Å². The molecule has 0 aliphatic heterocycles. The first-order valence-corrected chi connectivity index (χ1v) is 5.39. The molecular weight excluding hydrogens is 208 g/mol. The summed E-state index contributed by atoms with van der Waals surface area (Å²) >= 11 is 1.49. The Hall–Kier alpha value is -1.68. The smallest absolute Gasteiger partial charge is 0.174 e. The maximum absolute atomic E-state index is 5.24. The molecule has 2 heterocycles. The highest BCUT2D eigenvalue weighted by Gasteiger charge is 2.04. The van der Waals surface area contributed by atoms with Crippen LogP contribution in [0.2, 0.25) is 0 Å². The van der Waals surface area contributed by atoms with Gasteiger partial charge in [0.15, 0.2) is 10.2 Å². The molecule has 0 bridgehead atoms. The molecule has 0 aliphatic carbocycles. The number of hydrogen-bond donors (Lipinski definition) is 1. The Morgan fingerprint density at radius 1 is 1.13 bits per heavy atom. The van der Waals surface area contributed by atoms with Crippen molar-refractivity contribution in [2.75, 3.05) is 0 Å². The van der Waals surface area contributed by atoms with Gasteiger partial charge in [-0.25, -0.2) is 4.98 Å². The predicted octanol–water partition coefficient (Wildman–Crippen LogP) is 3.31. The number of furan rings is 1. The van der Waals surface area contributed by atoms with E-state index >= 15 is 0 Å². The van der Waals surface area contributed by atoms with Crippen LogP contribution in [-0.2, 0) is 0 Å². The van der Waals surface area contributed by atoms with Crippen molar-refractivity contribution in [3.63, 3.8) is 0 Å². The molecule has 0 aliphatic rings. The Kier molecular flexibility index (Phi) is 1.99. The topological polar surface area (TPSA) is 41.8 Å². The van der Waals surface area contributed by atoms with Crippen LogP contribution in [0.3, 0.4) is 0 Å². The van der Waals surface area contributed by atoms with Gasteiger partial charge in [0.1, 0.15) is 0 Å². The van der Waals surface area contributed by atoms with E-state index in [1.54, 1.807) is 6.26 Å². The van der Waals surface area contributed by atoms with E-state index in [2.05, 4.69) is 9.97 Å². The first-order valence-electron chi connectivity index (χ1n) is 4.58. The Morgan fingerprint density at radius 2 is 2.07 bits per heavy atom. The van der Waals surface area contributed by atoms with Gasteiger partial charge in [-0.05, 0) is 36.0 Å². The molecule has 0 spiro atoms. The quantitative estimate of drug-likeness (QED) is 0.714. The van der Waals surface area contributed by atoms with E-state index in [0.29, 0.717) is 0 Å². The number of nitrogens with one attached hydrogen (secondary N) is 1. The Bertz CT molecular complexity index is 538. The van der Waals surface area contributed by atoms with Gasteiger partial charge in [-0.2, -0.15) is 0 Å². The lowest BCUT2D eigenvalue weighted by Crippen LogP contribution is -1.71. The third kappa shape index (κ3) is 1.64. The van der Waals surface area contributed by atoms with Crippen LogP contribution in [0.1, 0.15) is 0 Å². The number of aromatic amines is 1. The monoisotopic (exact) mass is 216 g/mol. The second kappa shape index (κ2) is 3.47. The lowest BCUT2D eigenvalue weighted by Gasteiger charge is -1.89. The highest BCUT2D eigenvalue weighted by molar-refractivity contribution is 7.99. The van der Waals surface area contributed by atoms with E-state index in [-0.39, 0.29) is 0 Å². The SMILES string of the molecule is c1coc(Sc2nc3ccccc3[nH]2)c1. The summed E-state index contributed by atoms with van der Waals surface area (Å²) in [6.45, 7) is 0. The average molecular weight is 216 g/mol. The van der Waals surface area contributed by atoms with Gasteiger partial charge in [0.25, 0.3) is 0 Å². The van der Waals surface area contributed by atoms with Crippen molar-refractivity contribution in [2.24, 2.45) is 0 Å². The molecule has 0 radical (unpaired) electrons. The molecule has 4 heteroatoms. The maximum atomic E-state index is 5.24. The highest BCUT2D eigenvalue weighted by atomic mass is 32.2. The molecule has 0 unspecified atom stereocenters.